The van der Waals surface area contributed by atoms with E-state index < -0.39 is 17.8 Å². The van der Waals surface area contributed by atoms with Gasteiger partial charge in [-0.3, -0.25) is 4.98 Å². The number of pyridine rings is 1. The predicted molar refractivity (Wildman–Crippen MR) is 66.9 cm³/mol. The number of alkyl halides is 3. The van der Waals surface area contributed by atoms with Crippen molar-refractivity contribution in [1.82, 2.24) is 10.3 Å². The van der Waals surface area contributed by atoms with Gasteiger partial charge in [0.25, 0.3) is 0 Å². The summed E-state index contributed by atoms with van der Waals surface area (Å²) in [5.74, 6) is 0. The van der Waals surface area contributed by atoms with E-state index in [9.17, 15) is 13.2 Å². The molecule has 1 aromatic heterocycles. The summed E-state index contributed by atoms with van der Waals surface area (Å²) in [7, 11) is 1.48. The van der Waals surface area contributed by atoms with E-state index in [0.717, 1.165) is 0 Å². The van der Waals surface area contributed by atoms with Crippen molar-refractivity contribution in [2.45, 2.75) is 38.1 Å². The average molecular weight is 276 g/mol. The van der Waals surface area contributed by atoms with Crippen LogP contribution in [0.4, 0.5) is 13.2 Å². The van der Waals surface area contributed by atoms with Crippen molar-refractivity contribution in [3.63, 3.8) is 0 Å². The molecule has 0 amide bonds. The molecule has 19 heavy (non-hydrogen) atoms. The van der Waals surface area contributed by atoms with Crippen molar-refractivity contribution in [2.75, 3.05) is 13.7 Å². The molecule has 1 unspecified atom stereocenters. The molecule has 1 heterocycles. The van der Waals surface area contributed by atoms with Gasteiger partial charge in [-0.25, -0.2) is 0 Å². The number of hydrogen-bond donors (Lipinski definition) is 1. The van der Waals surface area contributed by atoms with Crippen LogP contribution in [0.5, 0.6) is 0 Å². The van der Waals surface area contributed by atoms with Crippen LogP contribution in [0.15, 0.2) is 24.5 Å². The Morgan fingerprint density at radius 2 is 1.84 bits per heavy atom. The van der Waals surface area contributed by atoms with Gasteiger partial charge >= 0.3 is 6.18 Å². The predicted octanol–water partition coefficient (Wildman–Crippen LogP) is 2.57. The Morgan fingerprint density at radius 1 is 1.26 bits per heavy atom. The zero-order chi connectivity index (χ0) is 14.5. The molecule has 0 bridgehead atoms. The van der Waals surface area contributed by atoms with Crippen LogP contribution in [0.25, 0.3) is 0 Å². The van der Waals surface area contributed by atoms with E-state index in [0.29, 0.717) is 5.56 Å². The fourth-order valence-electron chi connectivity index (χ4n) is 1.50. The zero-order valence-corrected chi connectivity index (χ0v) is 11.3. The minimum absolute atomic E-state index is 0.119. The van der Waals surface area contributed by atoms with E-state index >= 15 is 0 Å². The molecule has 0 spiro atoms. The lowest BCUT2D eigenvalue weighted by molar-refractivity contribution is -0.157. The second-order valence-corrected chi connectivity index (χ2v) is 5.00. The van der Waals surface area contributed by atoms with Gasteiger partial charge in [-0.2, -0.15) is 13.2 Å². The molecule has 0 aliphatic heterocycles. The molecule has 1 atom stereocenters. The molecule has 0 aromatic carbocycles. The second kappa shape index (κ2) is 6.34. The van der Waals surface area contributed by atoms with Gasteiger partial charge in [-0.05, 0) is 38.0 Å². The van der Waals surface area contributed by atoms with Crippen LogP contribution in [-0.2, 0) is 11.2 Å². The number of halogens is 3. The lowest BCUT2D eigenvalue weighted by Gasteiger charge is -2.28. The minimum atomic E-state index is -4.30. The number of methoxy groups -OCH3 is 1. The van der Waals surface area contributed by atoms with Gasteiger partial charge in [0.05, 0.1) is 5.60 Å². The van der Waals surface area contributed by atoms with Crippen molar-refractivity contribution >= 4 is 0 Å². The quantitative estimate of drug-likeness (QED) is 0.867. The Balaban J connectivity index is 2.69. The third-order valence-electron chi connectivity index (χ3n) is 2.91. The van der Waals surface area contributed by atoms with Gasteiger partial charge in [0.1, 0.15) is 6.04 Å². The van der Waals surface area contributed by atoms with Crippen LogP contribution in [0.2, 0.25) is 0 Å². The van der Waals surface area contributed by atoms with Crippen molar-refractivity contribution in [2.24, 2.45) is 0 Å². The Kier molecular flexibility index (Phi) is 5.31. The van der Waals surface area contributed by atoms with E-state index in [2.05, 4.69) is 10.3 Å². The molecular formula is C13H19F3N2O. The lowest BCUT2D eigenvalue weighted by atomic mass is 10.0. The van der Waals surface area contributed by atoms with Crippen LogP contribution in [0, 0.1) is 0 Å². The number of hydrogen-bond acceptors (Lipinski definition) is 3. The Hall–Kier alpha value is -1.14. The van der Waals surface area contributed by atoms with Crippen LogP contribution >= 0.6 is 0 Å². The van der Waals surface area contributed by atoms with Gasteiger partial charge in [0.15, 0.2) is 0 Å². The highest BCUT2D eigenvalue weighted by Crippen LogP contribution is 2.23. The Bertz CT molecular complexity index is 379. The summed E-state index contributed by atoms with van der Waals surface area (Å²) in [4.78, 5) is 3.79. The van der Waals surface area contributed by atoms with E-state index in [1.165, 1.54) is 19.5 Å². The second-order valence-electron chi connectivity index (χ2n) is 5.00. The van der Waals surface area contributed by atoms with Crippen molar-refractivity contribution in [1.29, 1.82) is 0 Å². The summed E-state index contributed by atoms with van der Waals surface area (Å²) >= 11 is 0. The number of nitrogens with one attached hydrogen (secondary N) is 1. The number of nitrogens with zero attached hydrogens (tertiary/aromatic N) is 1. The van der Waals surface area contributed by atoms with Gasteiger partial charge in [-0.15, -0.1) is 0 Å². The smallest absolute Gasteiger partial charge is 0.377 e. The highest BCUT2D eigenvalue weighted by molar-refractivity contribution is 5.12. The fourth-order valence-corrected chi connectivity index (χ4v) is 1.50. The van der Waals surface area contributed by atoms with Gasteiger partial charge in [-0.1, -0.05) is 0 Å². The maximum atomic E-state index is 13.0. The lowest BCUT2D eigenvalue weighted by Crippen LogP contribution is -2.49. The molecule has 6 heteroatoms. The topological polar surface area (TPSA) is 34.1 Å². The maximum absolute atomic E-state index is 13.0. The SMILES string of the molecule is COC(C)(C)CNC(Cc1ccncc1)C(F)(F)F. The summed E-state index contributed by atoms with van der Waals surface area (Å²) in [6, 6.07) is 1.58. The average Bonchev–Trinajstić information content (AvgIpc) is 2.34. The standard InChI is InChI=1S/C13H19F3N2O/c1-12(2,19-3)9-18-11(13(14,15)16)8-10-4-6-17-7-5-10/h4-7,11,18H,8-9H2,1-3H3. The third-order valence-corrected chi connectivity index (χ3v) is 2.91. The van der Waals surface area contributed by atoms with Crippen LogP contribution in [0.3, 0.4) is 0 Å². The number of rotatable bonds is 6. The summed E-state index contributed by atoms with van der Waals surface area (Å²) in [5.41, 5.74) is -0.0399. The normalized spacial score (nSPS) is 14.4. The zero-order valence-electron chi connectivity index (χ0n) is 11.3. The van der Waals surface area contributed by atoms with Gasteiger partial charge in [0.2, 0.25) is 0 Å². The molecule has 108 valence electrons. The Labute approximate surface area is 111 Å². The molecule has 0 fully saturated rings. The Morgan fingerprint density at radius 3 is 2.32 bits per heavy atom. The molecule has 0 aliphatic rings. The molecule has 0 radical (unpaired) electrons. The first-order chi connectivity index (χ1) is 8.74. The first kappa shape index (κ1) is 15.9. The summed E-state index contributed by atoms with van der Waals surface area (Å²) in [6.07, 6.45) is -1.44. The van der Waals surface area contributed by atoms with Crippen molar-refractivity contribution in [3.8, 4) is 0 Å². The molecular weight excluding hydrogens is 257 g/mol. The van der Waals surface area contributed by atoms with Gasteiger partial charge < -0.3 is 10.1 Å². The molecule has 0 saturated heterocycles. The third kappa shape index (κ3) is 5.57. The largest absolute Gasteiger partial charge is 0.404 e. The summed E-state index contributed by atoms with van der Waals surface area (Å²) in [5, 5.41) is 2.53. The molecule has 0 aliphatic carbocycles. The van der Waals surface area contributed by atoms with Crippen molar-refractivity contribution < 1.29 is 17.9 Å². The van der Waals surface area contributed by atoms with Crippen LogP contribution < -0.4 is 5.32 Å². The maximum Gasteiger partial charge on any atom is 0.404 e. The van der Waals surface area contributed by atoms with E-state index in [-0.39, 0.29) is 13.0 Å². The number of ether oxygens (including phenoxy) is 1. The minimum Gasteiger partial charge on any atom is -0.377 e. The summed E-state index contributed by atoms with van der Waals surface area (Å²) < 4.78 is 44.0. The first-order valence-corrected chi connectivity index (χ1v) is 5.99. The molecule has 1 rings (SSSR count). The molecule has 3 nitrogen and oxygen atoms in total. The molecule has 0 saturated carbocycles. The number of aromatic nitrogens is 1. The monoisotopic (exact) mass is 276 g/mol. The van der Waals surface area contributed by atoms with Crippen LogP contribution in [-0.4, -0.2) is 36.5 Å². The summed E-state index contributed by atoms with van der Waals surface area (Å²) in [6.45, 7) is 3.60. The van der Waals surface area contributed by atoms with E-state index in [1.54, 1.807) is 26.0 Å². The van der Waals surface area contributed by atoms with Crippen LogP contribution in [0.1, 0.15) is 19.4 Å². The molecule has 1 N–H and O–H groups in total. The fraction of sp³-hybridized carbons (Fsp3) is 0.615. The van der Waals surface area contributed by atoms with E-state index in [1.807, 2.05) is 0 Å². The first-order valence-electron chi connectivity index (χ1n) is 5.99. The molecule has 1 aromatic rings. The van der Waals surface area contributed by atoms with Gasteiger partial charge in [0, 0.05) is 26.0 Å². The van der Waals surface area contributed by atoms with Crippen molar-refractivity contribution in [3.05, 3.63) is 30.1 Å². The van der Waals surface area contributed by atoms with E-state index in [4.69, 9.17) is 4.74 Å². The highest BCUT2D eigenvalue weighted by atomic mass is 19.4. The highest BCUT2D eigenvalue weighted by Gasteiger charge is 2.40.